The second-order valence-corrected chi connectivity index (χ2v) is 4.51. The number of hydrogen-bond acceptors (Lipinski definition) is 3. The highest BCUT2D eigenvalue weighted by Crippen LogP contribution is 2.22. The summed E-state index contributed by atoms with van der Waals surface area (Å²) in [4.78, 5) is 0. The average molecular weight is 258 g/mol. The Labute approximate surface area is 111 Å². The summed E-state index contributed by atoms with van der Waals surface area (Å²) in [6, 6.07) is 4.85. The normalized spacial score (nSPS) is 10.3. The van der Waals surface area contributed by atoms with Crippen LogP contribution in [0.15, 0.2) is 12.1 Å². The van der Waals surface area contributed by atoms with Gasteiger partial charge in [-0.15, -0.1) is 0 Å². The number of nitrogens with zero attached hydrogens (tertiary/aromatic N) is 2. The Kier molecular flexibility index (Phi) is 3.52. The molecule has 2 aromatic rings. The molecule has 2 rings (SSSR count). The van der Waals surface area contributed by atoms with Gasteiger partial charge in [0.1, 0.15) is 5.82 Å². The lowest BCUT2D eigenvalue weighted by molar-refractivity contribution is 0.618. The molecule has 0 radical (unpaired) electrons. The molecule has 0 spiro atoms. The second-order valence-electron chi connectivity index (χ2n) is 4.51. The molecule has 0 aliphatic carbocycles. The molecule has 0 atom stereocenters. The van der Waals surface area contributed by atoms with Crippen molar-refractivity contribution in [3.63, 3.8) is 0 Å². The van der Waals surface area contributed by atoms with E-state index in [1.807, 2.05) is 19.9 Å². The summed E-state index contributed by atoms with van der Waals surface area (Å²) in [7, 11) is 0. The number of nitriles is 1. The fourth-order valence-electron chi connectivity index (χ4n) is 1.95. The molecule has 4 nitrogen and oxygen atoms in total. The number of aromatic nitrogens is 2. The molecule has 5 heteroatoms. The van der Waals surface area contributed by atoms with Crippen molar-refractivity contribution in [2.75, 3.05) is 5.32 Å². The van der Waals surface area contributed by atoms with Crippen LogP contribution in [0.2, 0.25) is 0 Å². The predicted octanol–water partition coefficient (Wildman–Crippen LogP) is 2.96. The van der Waals surface area contributed by atoms with Crippen molar-refractivity contribution in [1.82, 2.24) is 10.2 Å². The fourth-order valence-corrected chi connectivity index (χ4v) is 1.95. The first kappa shape index (κ1) is 13.1. The van der Waals surface area contributed by atoms with Crippen molar-refractivity contribution in [1.29, 1.82) is 5.26 Å². The van der Waals surface area contributed by atoms with E-state index in [4.69, 9.17) is 5.26 Å². The third-order valence-corrected chi connectivity index (χ3v) is 3.21. The zero-order chi connectivity index (χ0) is 14.0. The molecule has 1 aromatic carbocycles. The summed E-state index contributed by atoms with van der Waals surface area (Å²) in [5.74, 6) is -0.373. The predicted molar refractivity (Wildman–Crippen MR) is 71.2 cm³/mol. The Morgan fingerprint density at radius 2 is 2.11 bits per heavy atom. The fraction of sp³-hybridized carbons (Fsp3) is 0.286. The summed E-state index contributed by atoms with van der Waals surface area (Å²) >= 11 is 0. The van der Waals surface area contributed by atoms with Crippen LogP contribution in [0.25, 0.3) is 0 Å². The number of hydrogen-bond donors (Lipinski definition) is 2. The maximum Gasteiger partial charge on any atom is 0.129 e. The first-order chi connectivity index (χ1) is 9.02. The van der Waals surface area contributed by atoms with Crippen LogP contribution in [-0.4, -0.2) is 10.2 Å². The molecular weight excluding hydrogens is 243 g/mol. The lowest BCUT2D eigenvalue weighted by Gasteiger charge is -2.11. The standard InChI is InChI=1S/C14H15FN4/c1-8-13(15)4-11(6-16)5-14(8)17-7-12-9(2)18-19-10(12)3/h4-5,17H,7H2,1-3H3,(H,18,19). The number of nitrogens with one attached hydrogen (secondary N) is 2. The number of aryl methyl sites for hydroxylation is 2. The van der Waals surface area contributed by atoms with E-state index < -0.39 is 0 Å². The zero-order valence-corrected chi connectivity index (χ0v) is 11.1. The molecule has 0 aliphatic heterocycles. The van der Waals surface area contributed by atoms with Crippen LogP contribution in [0.5, 0.6) is 0 Å². The Morgan fingerprint density at radius 3 is 2.68 bits per heavy atom. The maximum atomic E-state index is 13.6. The van der Waals surface area contributed by atoms with Crippen LogP contribution in [0, 0.1) is 37.9 Å². The van der Waals surface area contributed by atoms with Crippen LogP contribution in [0.4, 0.5) is 10.1 Å². The third-order valence-electron chi connectivity index (χ3n) is 3.21. The highest BCUT2D eigenvalue weighted by Gasteiger charge is 2.09. The summed E-state index contributed by atoms with van der Waals surface area (Å²) in [6.45, 7) is 6.09. The summed E-state index contributed by atoms with van der Waals surface area (Å²) in [5.41, 5.74) is 4.42. The summed E-state index contributed by atoms with van der Waals surface area (Å²) < 4.78 is 13.6. The van der Waals surface area contributed by atoms with Crippen LogP contribution >= 0.6 is 0 Å². The highest BCUT2D eigenvalue weighted by molar-refractivity contribution is 5.56. The molecule has 98 valence electrons. The monoisotopic (exact) mass is 258 g/mol. The van der Waals surface area contributed by atoms with Crippen LogP contribution < -0.4 is 5.32 Å². The molecule has 0 unspecified atom stereocenters. The van der Waals surface area contributed by atoms with Crippen molar-refractivity contribution in [2.24, 2.45) is 0 Å². The molecular formula is C14H15FN4. The Hall–Kier alpha value is -2.35. The first-order valence-electron chi connectivity index (χ1n) is 5.97. The highest BCUT2D eigenvalue weighted by atomic mass is 19.1. The van der Waals surface area contributed by atoms with Crippen molar-refractivity contribution in [3.8, 4) is 6.07 Å². The Balaban J connectivity index is 2.25. The van der Waals surface area contributed by atoms with Gasteiger partial charge in [0.25, 0.3) is 0 Å². The zero-order valence-electron chi connectivity index (χ0n) is 11.1. The minimum absolute atomic E-state index is 0.311. The minimum atomic E-state index is -0.373. The van der Waals surface area contributed by atoms with E-state index in [1.165, 1.54) is 6.07 Å². The molecule has 1 heterocycles. The third kappa shape index (κ3) is 2.58. The van der Waals surface area contributed by atoms with E-state index in [0.29, 0.717) is 23.4 Å². The van der Waals surface area contributed by atoms with Gasteiger partial charge in [-0.2, -0.15) is 10.4 Å². The molecule has 1 aromatic heterocycles. The number of halogens is 1. The quantitative estimate of drug-likeness (QED) is 0.889. The van der Waals surface area contributed by atoms with Crippen LogP contribution in [0.3, 0.4) is 0 Å². The first-order valence-corrected chi connectivity index (χ1v) is 5.97. The second kappa shape index (κ2) is 5.11. The number of anilines is 1. The SMILES string of the molecule is Cc1n[nH]c(C)c1CNc1cc(C#N)cc(F)c1C. The Morgan fingerprint density at radius 1 is 1.37 bits per heavy atom. The van der Waals surface area contributed by atoms with Gasteiger partial charge in [-0.05, 0) is 32.9 Å². The van der Waals surface area contributed by atoms with Gasteiger partial charge in [-0.3, -0.25) is 5.10 Å². The Bertz CT molecular complexity index is 633. The van der Waals surface area contributed by atoms with Gasteiger partial charge in [-0.1, -0.05) is 0 Å². The largest absolute Gasteiger partial charge is 0.380 e. The van der Waals surface area contributed by atoms with Gasteiger partial charge in [-0.25, -0.2) is 4.39 Å². The van der Waals surface area contributed by atoms with Gasteiger partial charge in [0.15, 0.2) is 0 Å². The molecule has 2 N–H and O–H groups in total. The van der Waals surface area contributed by atoms with Gasteiger partial charge < -0.3 is 5.32 Å². The van der Waals surface area contributed by atoms with Crippen molar-refractivity contribution >= 4 is 5.69 Å². The number of benzene rings is 1. The smallest absolute Gasteiger partial charge is 0.129 e. The van der Waals surface area contributed by atoms with E-state index in [0.717, 1.165) is 17.0 Å². The van der Waals surface area contributed by atoms with E-state index in [2.05, 4.69) is 15.5 Å². The van der Waals surface area contributed by atoms with E-state index in [-0.39, 0.29) is 5.82 Å². The van der Waals surface area contributed by atoms with E-state index in [9.17, 15) is 4.39 Å². The number of rotatable bonds is 3. The molecule has 0 amide bonds. The number of aromatic amines is 1. The van der Waals surface area contributed by atoms with Gasteiger partial charge >= 0.3 is 0 Å². The summed E-state index contributed by atoms with van der Waals surface area (Å²) in [6.07, 6.45) is 0. The molecule has 0 saturated heterocycles. The van der Waals surface area contributed by atoms with Crippen LogP contribution in [0.1, 0.15) is 28.1 Å². The molecule has 0 saturated carbocycles. The van der Waals surface area contributed by atoms with Crippen LogP contribution in [-0.2, 0) is 6.54 Å². The van der Waals surface area contributed by atoms with Crippen molar-refractivity contribution in [2.45, 2.75) is 27.3 Å². The minimum Gasteiger partial charge on any atom is -0.380 e. The lowest BCUT2D eigenvalue weighted by Crippen LogP contribution is -2.04. The molecule has 0 fully saturated rings. The molecule has 19 heavy (non-hydrogen) atoms. The van der Waals surface area contributed by atoms with Crippen molar-refractivity contribution in [3.05, 3.63) is 46.0 Å². The van der Waals surface area contributed by atoms with E-state index >= 15 is 0 Å². The van der Waals surface area contributed by atoms with Crippen molar-refractivity contribution < 1.29 is 4.39 Å². The summed E-state index contributed by atoms with van der Waals surface area (Å²) in [5, 5.41) is 19.0. The average Bonchev–Trinajstić information content (AvgIpc) is 2.71. The number of H-pyrrole nitrogens is 1. The molecule has 0 aliphatic rings. The van der Waals surface area contributed by atoms with Gasteiger partial charge in [0.05, 0.1) is 17.3 Å². The van der Waals surface area contributed by atoms with Gasteiger partial charge in [0.2, 0.25) is 0 Å². The van der Waals surface area contributed by atoms with Gasteiger partial charge in [0, 0.05) is 29.1 Å². The molecule has 0 bridgehead atoms. The lowest BCUT2D eigenvalue weighted by atomic mass is 10.1. The maximum absolute atomic E-state index is 13.6. The van der Waals surface area contributed by atoms with E-state index in [1.54, 1.807) is 13.0 Å². The topological polar surface area (TPSA) is 64.5 Å².